The Balaban J connectivity index is 1.64. The Kier molecular flexibility index (Phi) is 6.30. The molecule has 27 heavy (non-hydrogen) atoms. The summed E-state index contributed by atoms with van der Waals surface area (Å²) >= 11 is 0. The maximum Gasteiger partial charge on any atom is 0.244 e. The lowest BCUT2D eigenvalue weighted by Gasteiger charge is -2.37. The number of morpholine rings is 1. The second-order valence-electron chi connectivity index (χ2n) is 7.23. The van der Waals surface area contributed by atoms with Crippen molar-refractivity contribution in [3.05, 3.63) is 71.8 Å². The zero-order chi connectivity index (χ0) is 19.2. The Bertz CT molecular complexity index is 778. The minimum atomic E-state index is -0.0922. The fraction of sp³-hybridized carbons (Fsp3) is 0.348. The standard InChI is InChI=1S/C23H28N2O2/c1-17-15-25(16-18(2)27-17)22-11-7-10-21(14-22)19(3)24-23(26)13-12-20-8-5-4-6-9-20/h4-14,17-19H,15-16H2,1-3H3,(H,24,26)/t17-,18+,19-/m0/s1. The zero-order valence-corrected chi connectivity index (χ0v) is 16.3. The Hall–Kier alpha value is -2.59. The van der Waals surface area contributed by atoms with Gasteiger partial charge >= 0.3 is 0 Å². The van der Waals surface area contributed by atoms with E-state index in [1.165, 1.54) is 5.69 Å². The topological polar surface area (TPSA) is 41.6 Å². The number of hydrogen-bond donors (Lipinski definition) is 1. The number of nitrogens with zero attached hydrogens (tertiary/aromatic N) is 1. The second-order valence-corrected chi connectivity index (χ2v) is 7.23. The highest BCUT2D eigenvalue weighted by Gasteiger charge is 2.22. The third-order valence-electron chi connectivity index (χ3n) is 4.74. The van der Waals surface area contributed by atoms with Crippen molar-refractivity contribution >= 4 is 17.7 Å². The summed E-state index contributed by atoms with van der Waals surface area (Å²) < 4.78 is 5.83. The molecule has 1 heterocycles. The van der Waals surface area contributed by atoms with Crippen molar-refractivity contribution < 1.29 is 9.53 Å². The summed E-state index contributed by atoms with van der Waals surface area (Å²) in [7, 11) is 0. The van der Waals surface area contributed by atoms with Crippen LogP contribution in [0.15, 0.2) is 60.7 Å². The SMILES string of the molecule is C[C@@H]1CN(c2cccc([C@H](C)NC(=O)C=Cc3ccccc3)c2)C[C@H](C)O1. The van der Waals surface area contributed by atoms with Gasteiger partial charge in [0.05, 0.1) is 18.2 Å². The van der Waals surface area contributed by atoms with Crippen molar-refractivity contribution in [3.8, 4) is 0 Å². The van der Waals surface area contributed by atoms with Crippen molar-refractivity contribution in [1.29, 1.82) is 0 Å². The first kappa shape index (κ1) is 19.2. The summed E-state index contributed by atoms with van der Waals surface area (Å²) in [6.45, 7) is 7.99. The number of nitrogens with one attached hydrogen (secondary N) is 1. The van der Waals surface area contributed by atoms with E-state index in [2.05, 4.69) is 48.3 Å². The largest absolute Gasteiger partial charge is 0.372 e. The Labute approximate surface area is 161 Å². The molecule has 3 rings (SSSR count). The van der Waals surface area contributed by atoms with E-state index < -0.39 is 0 Å². The molecule has 0 unspecified atom stereocenters. The first-order valence-corrected chi connectivity index (χ1v) is 9.55. The van der Waals surface area contributed by atoms with Gasteiger partial charge in [0, 0.05) is 24.9 Å². The molecule has 142 valence electrons. The second kappa shape index (κ2) is 8.87. The molecule has 1 aliphatic rings. The van der Waals surface area contributed by atoms with Crippen LogP contribution in [0.1, 0.15) is 37.9 Å². The average molecular weight is 364 g/mol. The van der Waals surface area contributed by atoms with Crippen molar-refractivity contribution in [2.75, 3.05) is 18.0 Å². The molecule has 0 radical (unpaired) electrons. The van der Waals surface area contributed by atoms with Gasteiger partial charge in [0.1, 0.15) is 0 Å². The van der Waals surface area contributed by atoms with E-state index in [-0.39, 0.29) is 24.2 Å². The maximum atomic E-state index is 12.2. The van der Waals surface area contributed by atoms with Gasteiger partial charge < -0.3 is 15.0 Å². The number of carbonyl (C=O) groups excluding carboxylic acids is 1. The predicted octanol–water partition coefficient (Wildman–Crippen LogP) is 4.19. The zero-order valence-electron chi connectivity index (χ0n) is 16.3. The highest BCUT2D eigenvalue weighted by Crippen LogP contribution is 2.24. The number of carbonyl (C=O) groups is 1. The number of hydrogen-bond acceptors (Lipinski definition) is 3. The summed E-state index contributed by atoms with van der Waals surface area (Å²) in [5.74, 6) is -0.0922. The minimum Gasteiger partial charge on any atom is -0.372 e. The van der Waals surface area contributed by atoms with E-state index in [0.717, 1.165) is 24.2 Å². The van der Waals surface area contributed by atoms with Gasteiger partial charge in [0.25, 0.3) is 0 Å². The highest BCUT2D eigenvalue weighted by atomic mass is 16.5. The van der Waals surface area contributed by atoms with Crippen LogP contribution in [0.4, 0.5) is 5.69 Å². The summed E-state index contributed by atoms with van der Waals surface area (Å²) in [6.07, 6.45) is 3.85. The lowest BCUT2D eigenvalue weighted by Crippen LogP contribution is -2.45. The monoisotopic (exact) mass is 364 g/mol. The van der Waals surface area contributed by atoms with E-state index in [9.17, 15) is 4.79 Å². The number of benzene rings is 2. The third-order valence-corrected chi connectivity index (χ3v) is 4.74. The smallest absolute Gasteiger partial charge is 0.244 e. The van der Waals surface area contributed by atoms with Gasteiger partial charge in [-0.15, -0.1) is 0 Å². The molecule has 1 N–H and O–H groups in total. The van der Waals surface area contributed by atoms with E-state index >= 15 is 0 Å². The molecule has 1 saturated heterocycles. The molecule has 4 heteroatoms. The van der Waals surface area contributed by atoms with Crippen LogP contribution < -0.4 is 10.2 Å². The van der Waals surface area contributed by atoms with Crippen LogP contribution in [0.5, 0.6) is 0 Å². The molecule has 1 amide bonds. The average Bonchev–Trinajstić information content (AvgIpc) is 2.66. The van der Waals surface area contributed by atoms with Crippen LogP contribution in [0.2, 0.25) is 0 Å². The molecular formula is C23H28N2O2. The molecule has 0 saturated carbocycles. The molecule has 0 aliphatic carbocycles. The number of ether oxygens (including phenoxy) is 1. The Morgan fingerprint density at radius 3 is 2.52 bits per heavy atom. The van der Waals surface area contributed by atoms with Crippen LogP contribution in [0.25, 0.3) is 6.08 Å². The van der Waals surface area contributed by atoms with E-state index in [1.807, 2.05) is 43.3 Å². The van der Waals surface area contributed by atoms with Gasteiger partial charge in [0.2, 0.25) is 5.91 Å². The Morgan fingerprint density at radius 1 is 1.11 bits per heavy atom. The molecule has 2 aromatic rings. The predicted molar refractivity (Wildman–Crippen MR) is 111 cm³/mol. The van der Waals surface area contributed by atoms with Crippen LogP contribution >= 0.6 is 0 Å². The summed E-state index contributed by atoms with van der Waals surface area (Å²) in [6, 6.07) is 18.2. The number of rotatable bonds is 5. The van der Waals surface area contributed by atoms with Crippen molar-refractivity contribution in [2.24, 2.45) is 0 Å². The molecule has 0 spiro atoms. The van der Waals surface area contributed by atoms with Crippen molar-refractivity contribution in [3.63, 3.8) is 0 Å². The van der Waals surface area contributed by atoms with Crippen LogP contribution in [-0.2, 0) is 9.53 Å². The number of anilines is 1. The molecule has 3 atom stereocenters. The fourth-order valence-electron chi connectivity index (χ4n) is 3.46. The lowest BCUT2D eigenvalue weighted by atomic mass is 10.1. The molecule has 1 fully saturated rings. The van der Waals surface area contributed by atoms with E-state index in [0.29, 0.717) is 0 Å². The van der Waals surface area contributed by atoms with Gasteiger partial charge in [-0.2, -0.15) is 0 Å². The van der Waals surface area contributed by atoms with Crippen molar-refractivity contribution in [1.82, 2.24) is 5.32 Å². The van der Waals surface area contributed by atoms with Crippen LogP contribution in [-0.4, -0.2) is 31.2 Å². The van der Waals surface area contributed by atoms with E-state index in [4.69, 9.17) is 4.74 Å². The molecular weight excluding hydrogens is 336 g/mol. The van der Waals surface area contributed by atoms with Crippen LogP contribution in [0, 0.1) is 0 Å². The van der Waals surface area contributed by atoms with Gasteiger partial charge in [0.15, 0.2) is 0 Å². The first-order chi connectivity index (χ1) is 13.0. The van der Waals surface area contributed by atoms with Gasteiger partial charge in [-0.25, -0.2) is 0 Å². The lowest BCUT2D eigenvalue weighted by molar-refractivity contribution is -0.117. The number of amides is 1. The summed E-state index contributed by atoms with van der Waals surface area (Å²) in [4.78, 5) is 14.6. The third kappa shape index (κ3) is 5.44. The van der Waals surface area contributed by atoms with Crippen LogP contribution in [0.3, 0.4) is 0 Å². The minimum absolute atomic E-state index is 0.0613. The fourth-order valence-corrected chi connectivity index (χ4v) is 3.46. The molecule has 1 aliphatic heterocycles. The molecule has 2 aromatic carbocycles. The summed E-state index contributed by atoms with van der Waals surface area (Å²) in [5, 5.41) is 3.05. The van der Waals surface area contributed by atoms with Gasteiger partial charge in [-0.3, -0.25) is 4.79 Å². The first-order valence-electron chi connectivity index (χ1n) is 9.55. The maximum absolute atomic E-state index is 12.2. The van der Waals surface area contributed by atoms with Gasteiger partial charge in [-0.05, 0) is 50.1 Å². The van der Waals surface area contributed by atoms with Gasteiger partial charge in [-0.1, -0.05) is 42.5 Å². The molecule has 4 nitrogen and oxygen atoms in total. The highest BCUT2D eigenvalue weighted by molar-refractivity contribution is 5.91. The molecule has 0 bridgehead atoms. The van der Waals surface area contributed by atoms with E-state index in [1.54, 1.807) is 6.08 Å². The quantitative estimate of drug-likeness (QED) is 0.809. The normalized spacial score (nSPS) is 21.2. The van der Waals surface area contributed by atoms with Crippen molar-refractivity contribution in [2.45, 2.75) is 39.0 Å². The summed E-state index contributed by atoms with van der Waals surface area (Å²) in [5.41, 5.74) is 3.29. The Morgan fingerprint density at radius 2 is 1.81 bits per heavy atom. The molecule has 0 aromatic heterocycles.